The Morgan fingerprint density at radius 1 is 0.947 bits per heavy atom. The van der Waals surface area contributed by atoms with Crippen LogP contribution in [0.4, 0.5) is 0 Å². The Hall–Kier alpha value is -2.07. The molecule has 4 heteroatoms. The highest BCUT2D eigenvalue weighted by Gasteiger charge is 2.26. The van der Waals surface area contributed by atoms with Gasteiger partial charge in [-0.05, 0) is 30.7 Å². The van der Waals surface area contributed by atoms with Crippen molar-refractivity contribution in [3.63, 3.8) is 0 Å². The van der Waals surface area contributed by atoms with Crippen molar-refractivity contribution in [3.8, 4) is 11.5 Å². The van der Waals surface area contributed by atoms with Gasteiger partial charge in [0.1, 0.15) is 17.1 Å². The summed E-state index contributed by atoms with van der Waals surface area (Å²) < 4.78 is 10.2. The lowest BCUT2D eigenvalue weighted by molar-refractivity contribution is 0.101. The molecule has 0 aliphatic heterocycles. The van der Waals surface area contributed by atoms with E-state index in [1.165, 1.54) is 0 Å². The van der Waals surface area contributed by atoms with Crippen molar-refractivity contribution in [1.82, 2.24) is 4.98 Å². The highest BCUT2D eigenvalue weighted by Crippen LogP contribution is 2.31. The Morgan fingerprint density at radius 3 is 2.16 bits per heavy atom. The van der Waals surface area contributed by atoms with E-state index in [4.69, 9.17) is 9.47 Å². The summed E-state index contributed by atoms with van der Waals surface area (Å²) >= 11 is 0. The van der Waals surface area contributed by atoms with Crippen LogP contribution in [0.2, 0.25) is 0 Å². The smallest absolute Gasteiger partial charge is 0.137 e. The summed E-state index contributed by atoms with van der Waals surface area (Å²) in [6.07, 6.45) is 3.24. The highest BCUT2D eigenvalue weighted by molar-refractivity contribution is 5.39. The van der Waals surface area contributed by atoms with Crippen molar-refractivity contribution in [2.75, 3.05) is 14.2 Å². The molecule has 1 aromatic heterocycles. The van der Waals surface area contributed by atoms with Crippen molar-refractivity contribution in [1.29, 1.82) is 0 Å². The molecule has 0 fully saturated rings. The summed E-state index contributed by atoms with van der Waals surface area (Å²) in [5, 5.41) is 10.7. The number of aromatic nitrogens is 1. The molecule has 19 heavy (non-hydrogen) atoms. The molecule has 1 N–H and O–H groups in total. The maximum atomic E-state index is 10.7. The minimum Gasteiger partial charge on any atom is -0.497 e. The van der Waals surface area contributed by atoms with Gasteiger partial charge in [-0.15, -0.1) is 0 Å². The number of aliphatic hydroxyl groups is 1. The van der Waals surface area contributed by atoms with Gasteiger partial charge in [-0.2, -0.15) is 0 Å². The van der Waals surface area contributed by atoms with Crippen LogP contribution in [0.25, 0.3) is 0 Å². The van der Waals surface area contributed by atoms with Gasteiger partial charge < -0.3 is 14.6 Å². The second-order valence-corrected chi connectivity index (χ2v) is 4.41. The summed E-state index contributed by atoms with van der Waals surface area (Å²) in [6.45, 7) is 1.73. The van der Waals surface area contributed by atoms with E-state index in [0.29, 0.717) is 11.3 Å². The molecular weight excluding hydrogens is 242 g/mol. The van der Waals surface area contributed by atoms with Crippen molar-refractivity contribution < 1.29 is 14.6 Å². The van der Waals surface area contributed by atoms with Gasteiger partial charge in [0.25, 0.3) is 0 Å². The second-order valence-electron chi connectivity index (χ2n) is 4.41. The molecule has 100 valence electrons. The van der Waals surface area contributed by atoms with E-state index in [1.54, 1.807) is 39.6 Å². The molecule has 2 aromatic rings. The minimum atomic E-state index is -1.13. The molecule has 4 nitrogen and oxygen atoms in total. The van der Waals surface area contributed by atoms with Crippen LogP contribution in [0, 0.1) is 0 Å². The van der Waals surface area contributed by atoms with E-state index >= 15 is 0 Å². The van der Waals surface area contributed by atoms with Crippen LogP contribution in [0.1, 0.15) is 18.1 Å². The molecule has 0 saturated carbocycles. The van der Waals surface area contributed by atoms with E-state index in [0.717, 1.165) is 11.3 Å². The number of methoxy groups -OCH3 is 2. The molecule has 0 saturated heterocycles. The fourth-order valence-corrected chi connectivity index (χ4v) is 1.88. The quantitative estimate of drug-likeness (QED) is 0.915. The SMILES string of the molecule is COc1ccc([C@@](C)(O)c2cncc(OC)c2)cc1. The molecule has 0 aliphatic carbocycles. The van der Waals surface area contributed by atoms with Crippen molar-refractivity contribution in [3.05, 3.63) is 53.9 Å². The predicted octanol–water partition coefficient (Wildman–Crippen LogP) is 2.35. The van der Waals surface area contributed by atoms with Crippen LogP contribution in [0.3, 0.4) is 0 Å². The van der Waals surface area contributed by atoms with E-state index in [1.807, 2.05) is 24.3 Å². The summed E-state index contributed by atoms with van der Waals surface area (Å²) in [4.78, 5) is 4.07. The van der Waals surface area contributed by atoms with Crippen molar-refractivity contribution in [2.24, 2.45) is 0 Å². The normalized spacial score (nSPS) is 13.7. The van der Waals surface area contributed by atoms with Crippen molar-refractivity contribution in [2.45, 2.75) is 12.5 Å². The first-order valence-electron chi connectivity index (χ1n) is 5.94. The molecule has 0 spiro atoms. The maximum Gasteiger partial charge on any atom is 0.137 e. The van der Waals surface area contributed by atoms with E-state index < -0.39 is 5.60 Å². The Bertz CT molecular complexity index is 550. The Labute approximate surface area is 112 Å². The Kier molecular flexibility index (Phi) is 3.71. The number of rotatable bonds is 4. The monoisotopic (exact) mass is 259 g/mol. The fraction of sp³-hybridized carbons (Fsp3) is 0.267. The van der Waals surface area contributed by atoms with Gasteiger partial charge in [0.05, 0.1) is 20.4 Å². The Balaban J connectivity index is 2.38. The third kappa shape index (κ3) is 2.69. The molecule has 0 bridgehead atoms. The zero-order valence-electron chi connectivity index (χ0n) is 11.3. The number of hydrogen-bond donors (Lipinski definition) is 1. The molecule has 2 rings (SSSR count). The van der Waals surface area contributed by atoms with Gasteiger partial charge in [-0.1, -0.05) is 12.1 Å². The first kappa shape index (κ1) is 13.4. The van der Waals surface area contributed by atoms with Gasteiger partial charge in [0.15, 0.2) is 0 Å². The van der Waals surface area contributed by atoms with Gasteiger partial charge in [0.2, 0.25) is 0 Å². The number of hydrogen-bond acceptors (Lipinski definition) is 4. The largest absolute Gasteiger partial charge is 0.497 e. The summed E-state index contributed by atoms with van der Waals surface area (Å²) in [6, 6.07) is 9.07. The van der Waals surface area contributed by atoms with Gasteiger partial charge in [0, 0.05) is 11.8 Å². The highest BCUT2D eigenvalue weighted by atomic mass is 16.5. The van der Waals surface area contributed by atoms with Crippen LogP contribution in [0.15, 0.2) is 42.7 Å². The minimum absolute atomic E-state index is 0.617. The number of pyridine rings is 1. The molecule has 0 aliphatic rings. The summed E-state index contributed by atoms with van der Waals surface area (Å²) in [5.74, 6) is 1.37. The van der Waals surface area contributed by atoms with Gasteiger partial charge in [-0.25, -0.2) is 0 Å². The zero-order chi connectivity index (χ0) is 13.9. The van der Waals surface area contributed by atoms with Crippen LogP contribution in [-0.2, 0) is 5.60 Å². The average Bonchev–Trinajstić information content (AvgIpc) is 2.47. The number of nitrogens with zero attached hydrogens (tertiary/aromatic N) is 1. The summed E-state index contributed by atoms with van der Waals surface area (Å²) in [7, 11) is 3.18. The molecule has 1 aromatic carbocycles. The fourth-order valence-electron chi connectivity index (χ4n) is 1.88. The first-order valence-corrected chi connectivity index (χ1v) is 5.94. The van der Waals surface area contributed by atoms with E-state index in [-0.39, 0.29) is 0 Å². The van der Waals surface area contributed by atoms with Crippen LogP contribution in [-0.4, -0.2) is 24.3 Å². The van der Waals surface area contributed by atoms with Crippen molar-refractivity contribution >= 4 is 0 Å². The average molecular weight is 259 g/mol. The van der Waals surface area contributed by atoms with Gasteiger partial charge >= 0.3 is 0 Å². The Morgan fingerprint density at radius 2 is 1.58 bits per heavy atom. The standard InChI is InChI=1S/C15H17NO3/c1-15(17,11-4-6-13(18-2)7-5-11)12-8-14(19-3)10-16-9-12/h4-10,17H,1-3H3/t15-/m1/s1. The zero-order valence-corrected chi connectivity index (χ0v) is 11.3. The number of benzene rings is 1. The number of ether oxygens (including phenoxy) is 2. The van der Waals surface area contributed by atoms with E-state index in [2.05, 4.69) is 4.98 Å². The van der Waals surface area contributed by atoms with Crippen LogP contribution >= 0.6 is 0 Å². The lowest BCUT2D eigenvalue weighted by Gasteiger charge is -2.24. The maximum absolute atomic E-state index is 10.7. The first-order chi connectivity index (χ1) is 9.07. The van der Waals surface area contributed by atoms with Crippen LogP contribution in [0.5, 0.6) is 11.5 Å². The lowest BCUT2D eigenvalue weighted by atomic mass is 9.89. The summed E-state index contributed by atoms with van der Waals surface area (Å²) in [5.41, 5.74) is 0.314. The molecule has 0 unspecified atom stereocenters. The lowest BCUT2D eigenvalue weighted by Crippen LogP contribution is -2.22. The molecule has 1 atom stereocenters. The molecular formula is C15H17NO3. The third-order valence-electron chi connectivity index (χ3n) is 3.16. The molecule has 1 heterocycles. The predicted molar refractivity (Wildman–Crippen MR) is 72.5 cm³/mol. The third-order valence-corrected chi connectivity index (χ3v) is 3.16. The van der Waals surface area contributed by atoms with Crippen LogP contribution < -0.4 is 9.47 Å². The topological polar surface area (TPSA) is 51.6 Å². The molecule has 0 radical (unpaired) electrons. The van der Waals surface area contributed by atoms with Gasteiger partial charge in [-0.3, -0.25) is 4.98 Å². The molecule has 0 amide bonds. The second kappa shape index (κ2) is 5.28. The van der Waals surface area contributed by atoms with E-state index in [9.17, 15) is 5.11 Å².